The molecule has 3 N–H and O–H groups in total. The summed E-state index contributed by atoms with van der Waals surface area (Å²) >= 11 is 0. The van der Waals surface area contributed by atoms with Crippen LogP contribution in [0.1, 0.15) is 26.7 Å². The second kappa shape index (κ2) is 6.37. The second-order valence-corrected chi connectivity index (χ2v) is 3.31. The third-order valence-corrected chi connectivity index (χ3v) is 2.16. The zero-order chi connectivity index (χ0) is 11.1. The van der Waals surface area contributed by atoms with E-state index in [1.165, 1.54) is 0 Å². The van der Waals surface area contributed by atoms with Crippen molar-refractivity contribution in [3.8, 4) is 0 Å². The maximum absolute atomic E-state index is 10.7. The van der Waals surface area contributed by atoms with Crippen LogP contribution in [0.25, 0.3) is 0 Å². The van der Waals surface area contributed by atoms with Gasteiger partial charge in [0.25, 0.3) is 0 Å². The second-order valence-electron chi connectivity index (χ2n) is 3.31. The fourth-order valence-electron chi connectivity index (χ4n) is 1.29. The van der Waals surface area contributed by atoms with Crippen LogP contribution in [0.15, 0.2) is 0 Å². The number of nitrogens with two attached hydrogens (primary N) is 1. The standard InChI is InChI=1S/C9H18N2O3/c1-3-11(6-8(10)12)7(2)4-5-9(13)14/h7H,3-6H2,1-2H3,(H2,10,12)(H,13,14). The quantitative estimate of drug-likeness (QED) is 0.611. The van der Waals surface area contributed by atoms with E-state index in [1.807, 2.05) is 18.7 Å². The van der Waals surface area contributed by atoms with E-state index < -0.39 is 5.97 Å². The predicted molar refractivity (Wildman–Crippen MR) is 52.8 cm³/mol. The van der Waals surface area contributed by atoms with E-state index in [9.17, 15) is 9.59 Å². The summed E-state index contributed by atoms with van der Waals surface area (Å²) in [6.07, 6.45) is 0.660. The van der Waals surface area contributed by atoms with Crippen molar-refractivity contribution in [1.82, 2.24) is 4.90 Å². The summed E-state index contributed by atoms with van der Waals surface area (Å²) in [7, 11) is 0. The van der Waals surface area contributed by atoms with Gasteiger partial charge in [-0.3, -0.25) is 14.5 Å². The van der Waals surface area contributed by atoms with Crippen LogP contribution in [-0.2, 0) is 9.59 Å². The molecule has 0 aromatic heterocycles. The van der Waals surface area contributed by atoms with Gasteiger partial charge in [0.15, 0.2) is 0 Å². The first kappa shape index (κ1) is 12.9. The summed E-state index contributed by atoms with van der Waals surface area (Å²) in [5.41, 5.74) is 5.07. The molecule has 14 heavy (non-hydrogen) atoms. The number of carbonyl (C=O) groups is 2. The van der Waals surface area contributed by atoms with Crippen molar-refractivity contribution in [1.29, 1.82) is 0 Å². The van der Waals surface area contributed by atoms with Crippen LogP contribution in [0.4, 0.5) is 0 Å². The van der Waals surface area contributed by atoms with Crippen molar-refractivity contribution in [2.24, 2.45) is 5.73 Å². The number of carboxylic acid groups (broad SMARTS) is 1. The Balaban J connectivity index is 3.96. The molecule has 0 radical (unpaired) electrons. The number of primary amides is 1. The molecule has 0 saturated heterocycles. The molecule has 0 spiro atoms. The van der Waals surface area contributed by atoms with Gasteiger partial charge in [-0.2, -0.15) is 0 Å². The van der Waals surface area contributed by atoms with Crippen molar-refractivity contribution in [2.75, 3.05) is 13.1 Å². The van der Waals surface area contributed by atoms with Gasteiger partial charge >= 0.3 is 5.97 Å². The lowest BCUT2D eigenvalue weighted by Crippen LogP contribution is -2.39. The van der Waals surface area contributed by atoms with Gasteiger partial charge in [0.2, 0.25) is 5.91 Å². The van der Waals surface area contributed by atoms with E-state index in [0.717, 1.165) is 0 Å². The van der Waals surface area contributed by atoms with Gasteiger partial charge < -0.3 is 10.8 Å². The molecule has 0 rings (SSSR count). The Morgan fingerprint density at radius 2 is 2.07 bits per heavy atom. The molecule has 0 aromatic rings. The topological polar surface area (TPSA) is 83.6 Å². The van der Waals surface area contributed by atoms with Gasteiger partial charge in [0, 0.05) is 12.5 Å². The number of carbonyl (C=O) groups excluding carboxylic acids is 1. The van der Waals surface area contributed by atoms with E-state index in [4.69, 9.17) is 10.8 Å². The molecular formula is C9H18N2O3. The Bertz CT molecular complexity index is 206. The highest BCUT2D eigenvalue weighted by molar-refractivity contribution is 5.76. The lowest BCUT2D eigenvalue weighted by atomic mass is 10.1. The Morgan fingerprint density at radius 3 is 2.43 bits per heavy atom. The van der Waals surface area contributed by atoms with Crippen molar-refractivity contribution in [3.05, 3.63) is 0 Å². The Kier molecular flexibility index (Phi) is 5.87. The average Bonchev–Trinajstić information content (AvgIpc) is 2.09. The largest absolute Gasteiger partial charge is 0.481 e. The van der Waals surface area contributed by atoms with Crippen molar-refractivity contribution in [2.45, 2.75) is 32.7 Å². The molecule has 5 nitrogen and oxygen atoms in total. The first-order chi connectivity index (χ1) is 6.47. The van der Waals surface area contributed by atoms with Crippen LogP contribution in [-0.4, -0.2) is 41.0 Å². The molecular weight excluding hydrogens is 184 g/mol. The molecule has 1 unspecified atom stereocenters. The first-order valence-electron chi connectivity index (χ1n) is 4.71. The van der Waals surface area contributed by atoms with Gasteiger partial charge in [0.05, 0.1) is 6.54 Å². The number of likely N-dealkylation sites (N-methyl/N-ethyl adjacent to an activating group) is 1. The number of amides is 1. The number of hydrogen-bond donors (Lipinski definition) is 2. The summed E-state index contributed by atoms with van der Waals surface area (Å²) < 4.78 is 0. The van der Waals surface area contributed by atoms with Gasteiger partial charge in [-0.15, -0.1) is 0 Å². The molecule has 0 aliphatic rings. The molecule has 5 heteroatoms. The number of aliphatic carboxylic acids is 1. The van der Waals surface area contributed by atoms with Gasteiger partial charge in [-0.05, 0) is 19.9 Å². The fraction of sp³-hybridized carbons (Fsp3) is 0.778. The molecule has 0 bridgehead atoms. The van der Waals surface area contributed by atoms with Crippen LogP contribution in [0.3, 0.4) is 0 Å². The van der Waals surface area contributed by atoms with Gasteiger partial charge in [-0.25, -0.2) is 0 Å². The van der Waals surface area contributed by atoms with E-state index in [-0.39, 0.29) is 24.9 Å². The maximum atomic E-state index is 10.7. The SMILES string of the molecule is CCN(CC(N)=O)C(C)CCC(=O)O. The number of carboxylic acids is 1. The molecule has 1 atom stereocenters. The Morgan fingerprint density at radius 1 is 1.50 bits per heavy atom. The summed E-state index contributed by atoms with van der Waals surface area (Å²) in [6.45, 7) is 4.70. The molecule has 0 aliphatic carbocycles. The Labute approximate surface area is 83.9 Å². The van der Waals surface area contributed by atoms with Crippen LogP contribution in [0, 0.1) is 0 Å². The van der Waals surface area contributed by atoms with Crippen LogP contribution in [0.2, 0.25) is 0 Å². The summed E-state index contributed by atoms with van der Waals surface area (Å²) in [6, 6.07) is 0.0728. The smallest absolute Gasteiger partial charge is 0.303 e. The van der Waals surface area contributed by atoms with Crippen molar-refractivity contribution in [3.63, 3.8) is 0 Å². The summed E-state index contributed by atoms with van der Waals surface area (Å²) in [4.78, 5) is 22.9. The fourth-order valence-corrected chi connectivity index (χ4v) is 1.29. The summed E-state index contributed by atoms with van der Waals surface area (Å²) in [5, 5.41) is 8.49. The molecule has 1 amide bonds. The highest BCUT2D eigenvalue weighted by Crippen LogP contribution is 2.05. The minimum atomic E-state index is -0.813. The van der Waals surface area contributed by atoms with Gasteiger partial charge in [0.1, 0.15) is 0 Å². The van der Waals surface area contributed by atoms with Crippen LogP contribution < -0.4 is 5.73 Å². The monoisotopic (exact) mass is 202 g/mol. The molecule has 0 aromatic carbocycles. The average molecular weight is 202 g/mol. The lowest BCUT2D eigenvalue weighted by Gasteiger charge is -2.25. The molecule has 0 saturated carbocycles. The van der Waals surface area contributed by atoms with Crippen molar-refractivity contribution < 1.29 is 14.7 Å². The highest BCUT2D eigenvalue weighted by atomic mass is 16.4. The van der Waals surface area contributed by atoms with E-state index >= 15 is 0 Å². The molecule has 82 valence electrons. The maximum Gasteiger partial charge on any atom is 0.303 e. The zero-order valence-corrected chi connectivity index (χ0v) is 8.69. The molecule has 0 heterocycles. The number of nitrogens with zero attached hydrogens (tertiary/aromatic N) is 1. The lowest BCUT2D eigenvalue weighted by molar-refractivity contribution is -0.137. The third-order valence-electron chi connectivity index (χ3n) is 2.16. The van der Waals surface area contributed by atoms with E-state index in [1.54, 1.807) is 0 Å². The Hall–Kier alpha value is -1.10. The zero-order valence-electron chi connectivity index (χ0n) is 8.69. The minimum Gasteiger partial charge on any atom is -0.481 e. The van der Waals surface area contributed by atoms with E-state index in [2.05, 4.69) is 0 Å². The predicted octanol–water partition coefficient (Wildman–Crippen LogP) is 0.0469. The number of hydrogen-bond acceptors (Lipinski definition) is 3. The summed E-state index contributed by atoms with van der Waals surface area (Å²) in [5.74, 6) is -1.19. The molecule has 0 aliphatic heterocycles. The first-order valence-corrected chi connectivity index (χ1v) is 4.71. The molecule has 0 fully saturated rings. The van der Waals surface area contributed by atoms with Crippen LogP contribution >= 0.6 is 0 Å². The highest BCUT2D eigenvalue weighted by Gasteiger charge is 2.14. The van der Waals surface area contributed by atoms with Crippen LogP contribution in [0.5, 0.6) is 0 Å². The van der Waals surface area contributed by atoms with E-state index in [0.29, 0.717) is 13.0 Å². The minimum absolute atomic E-state index is 0.0728. The third kappa shape index (κ3) is 5.53. The van der Waals surface area contributed by atoms with Crippen molar-refractivity contribution >= 4 is 11.9 Å². The normalized spacial score (nSPS) is 12.8. The number of rotatable bonds is 7. The van der Waals surface area contributed by atoms with Gasteiger partial charge in [-0.1, -0.05) is 6.92 Å².